The lowest BCUT2D eigenvalue weighted by atomic mass is 10.1. The number of hydrogen-bond donors (Lipinski definition) is 0. The fraction of sp³-hybridized carbons (Fsp3) is 0.867. The lowest BCUT2D eigenvalue weighted by molar-refractivity contribution is -0.402. The second-order valence-electron chi connectivity index (χ2n) is 4.99. The molecule has 0 aliphatic heterocycles. The smallest absolute Gasteiger partial charge is 0.230 e. The largest absolute Gasteiger partial charge is 0.259 e. The van der Waals surface area contributed by atoms with Crippen molar-refractivity contribution in [3.63, 3.8) is 0 Å². The maximum atomic E-state index is 10.0. The van der Waals surface area contributed by atoms with Gasteiger partial charge in [0.05, 0.1) is 4.92 Å². The molecule has 18 heavy (non-hydrogen) atoms. The van der Waals surface area contributed by atoms with E-state index in [1.807, 2.05) is 0 Å². The first-order valence-corrected chi connectivity index (χ1v) is 7.57. The maximum absolute atomic E-state index is 10.0. The molecule has 0 atom stereocenters. The van der Waals surface area contributed by atoms with E-state index >= 15 is 0 Å². The molecule has 0 heterocycles. The molecule has 0 rings (SSSR count). The van der Waals surface area contributed by atoms with Crippen LogP contribution in [0.1, 0.15) is 84.0 Å². The fourth-order valence-electron chi connectivity index (χ4n) is 2.09. The molecule has 0 aromatic carbocycles. The molecule has 0 saturated carbocycles. The predicted molar refractivity (Wildman–Crippen MR) is 77.2 cm³/mol. The zero-order valence-corrected chi connectivity index (χ0v) is 11.9. The van der Waals surface area contributed by atoms with Crippen LogP contribution in [0.5, 0.6) is 0 Å². The van der Waals surface area contributed by atoms with Crippen LogP contribution in [0, 0.1) is 10.1 Å². The second-order valence-corrected chi connectivity index (χ2v) is 4.99. The Morgan fingerprint density at radius 2 is 1.28 bits per heavy atom. The van der Waals surface area contributed by atoms with Gasteiger partial charge in [-0.3, -0.25) is 10.1 Å². The van der Waals surface area contributed by atoms with Crippen LogP contribution in [0.15, 0.2) is 12.3 Å². The molecule has 106 valence electrons. The molecule has 0 aromatic heterocycles. The van der Waals surface area contributed by atoms with E-state index in [4.69, 9.17) is 0 Å². The Kier molecular flexibility index (Phi) is 13.5. The number of unbranched alkanes of at least 4 members (excludes halogenated alkanes) is 11. The van der Waals surface area contributed by atoms with E-state index in [0.717, 1.165) is 19.0 Å². The average Bonchev–Trinajstić information content (AvgIpc) is 2.34. The quantitative estimate of drug-likeness (QED) is 0.248. The van der Waals surface area contributed by atoms with Gasteiger partial charge in [-0.25, -0.2) is 0 Å². The second kappa shape index (κ2) is 14.2. The van der Waals surface area contributed by atoms with Gasteiger partial charge in [0.15, 0.2) is 0 Å². The van der Waals surface area contributed by atoms with Crippen LogP contribution < -0.4 is 0 Å². The minimum atomic E-state index is -0.390. The van der Waals surface area contributed by atoms with Crippen LogP contribution in [0.2, 0.25) is 0 Å². The first kappa shape index (κ1) is 17.1. The van der Waals surface area contributed by atoms with Gasteiger partial charge in [0.1, 0.15) is 0 Å². The summed E-state index contributed by atoms with van der Waals surface area (Å²) in [5.41, 5.74) is 0. The van der Waals surface area contributed by atoms with Crippen molar-refractivity contribution in [3.8, 4) is 0 Å². The third-order valence-corrected chi connectivity index (χ3v) is 3.20. The lowest BCUT2D eigenvalue weighted by Gasteiger charge is -2.01. The first-order chi connectivity index (χ1) is 8.77. The van der Waals surface area contributed by atoms with E-state index in [2.05, 4.69) is 6.92 Å². The van der Waals surface area contributed by atoms with Crippen molar-refractivity contribution in [1.82, 2.24) is 0 Å². The molecule has 3 heteroatoms. The van der Waals surface area contributed by atoms with E-state index in [1.165, 1.54) is 64.2 Å². The van der Waals surface area contributed by atoms with Crippen LogP contribution in [-0.2, 0) is 0 Å². The van der Waals surface area contributed by atoms with E-state index in [-0.39, 0.29) is 0 Å². The van der Waals surface area contributed by atoms with E-state index < -0.39 is 4.92 Å². The summed E-state index contributed by atoms with van der Waals surface area (Å²) in [5, 5.41) is 10.0. The van der Waals surface area contributed by atoms with Crippen molar-refractivity contribution in [2.75, 3.05) is 0 Å². The van der Waals surface area contributed by atoms with Crippen LogP contribution >= 0.6 is 0 Å². The molecule has 3 nitrogen and oxygen atoms in total. The van der Waals surface area contributed by atoms with Crippen molar-refractivity contribution in [1.29, 1.82) is 0 Å². The predicted octanol–water partition coefficient (Wildman–Crippen LogP) is 5.48. The molecule has 0 N–H and O–H groups in total. The van der Waals surface area contributed by atoms with E-state index in [0.29, 0.717) is 0 Å². The molecule has 0 radical (unpaired) electrons. The summed E-state index contributed by atoms with van der Waals surface area (Å²) < 4.78 is 0. The molecule has 0 aliphatic carbocycles. The summed E-state index contributed by atoms with van der Waals surface area (Å²) >= 11 is 0. The monoisotopic (exact) mass is 255 g/mol. The number of nitrogens with zero attached hydrogens (tertiary/aromatic N) is 1. The molecule has 0 aliphatic rings. The first-order valence-electron chi connectivity index (χ1n) is 7.57. The van der Waals surface area contributed by atoms with Gasteiger partial charge in [0, 0.05) is 0 Å². The number of allylic oxidation sites excluding steroid dienone is 1. The van der Waals surface area contributed by atoms with Gasteiger partial charge >= 0.3 is 0 Å². The zero-order chi connectivity index (χ0) is 13.5. The average molecular weight is 255 g/mol. The molecule has 0 bridgehead atoms. The van der Waals surface area contributed by atoms with Gasteiger partial charge in [0.25, 0.3) is 0 Å². The Morgan fingerprint density at radius 1 is 0.833 bits per heavy atom. The van der Waals surface area contributed by atoms with Crippen molar-refractivity contribution < 1.29 is 4.92 Å². The Bertz CT molecular complexity index is 215. The summed E-state index contributed by atoms with van der Waals surface area (Å²) in [5.74, 6) is 0. The number of nitro groups is 1. The normalized spacial score (nSPS) is 11.2. The Morgan fingerprint density at radius 3 is 1.72 bits per heavy atom. The third-order valence-electron chi connectivity index (χ3n) is 3.20. The molecule has 0 spiro atoms. The van der Waals surface area contributed by atoms with Gasteiger partial charge in [-0.2, -0.15) is 0 Å². The van der Waals surface area contributed by atoms with Gasteiger partial charge < -0.3 is 0 Å². The van der Waals surface area contributed by atoms with Crippen molar-refractivity contribution in [2.45, 2.75) is 84.0 Å². The summed E-state index contributed by atoms with van der Waals surface area (Å²) in [6, 6.07) is 0. The summed E-state index contributed by atoms with van der Waals surface area (Å²) in [4.78, 5) is 9.63. The molecular weight excluding hydrogens is 226 g/mol. The van der Waals surface area contributed by atoms with Crippen LogP contribution in [0.3, 0.4) is 0 Å². The number of hydrogen-bond acceptors (Lipinski definition) is 2. The SMILES string of the molecule is CCCCCCCCCCCCCC=C[N+](=O)[O-]. The van der Waals surface area contributed by atoms with Crippen LogP contribution in [0.4, 0.5) is 0 Å². The fourth-order valence-corrected chi connectivity index (χ4v) is 2.09. The van der Waals surface area contributed by atoms with E-state index in [1.54, 1.807) is 6.08 Å². The Labute approximate surface area is 112 Å². The lowest BCUT2D eigenvalue weighted by Crippen LogP contribution is -1.83. The van der Waals surface area contributed by atoms with Gasteiger partial charge in [-0.1, -0.05) is 71.1 Å². The highest BCUT2D eigenvalue weighted by atomic mass is 16.6. The summed E-state index contributed by atoms with van der Waals surface area (Å²) in [6.45, 7) is 2.25. The van der Waals surface area contributed by atoms with Gasteiger partial charge in [0.2, 0.25) is 6.20 Å². The number of rotatable bonds is 13. The molecule has 0 fully saturated rings. The standard InChI is InChI=1S/C15H29NO2/c1-2-3-4-5-6-7-8-9-10-11-12-13-14-15-16(17)18/h14-15H,2-13H2,1H3. The minimum absolute atomic E-state index is 0.390. The van der Waals surface area contributed by atoms with Gasteiger partial charge in [-0.05, 0) is 18.9 Å². The molecule has 0 saturated heterocycles. The molecule has 0 unspecified atom stereocenters. The molecule has 0 aromatic rings. The maximum Gasteiger partial charge on any atom is 0.230 e. The van der Waals surface area contributed by atoms with Crippen molar-refractivity contribution in [2.24, 2.45) is 0 Å². The Balaban J connectivity index is 3.01. The minimum Gasteiger partial charge on any atom is -0.259 e. The topological polar surface area (TPSA) is 43.1 Å². The highest BCUT2D eigenvalue weighted by molar-refractivity contribution is 4.71. The van der Waals surface area contributed by atoms with Crippen LogP contribution in [0.25, 0.3) is 0 Å². The Hall–Kier alpha value is -0.860. The highest BCUT2D eigenvalue weighted by Crippen LogP contribution is 2.11. The molecule has 0 amide bonds. The van der Waals surface area contributed by atoms with E-state index in [9.17, 15) is 10.1 Å². The van der Waals surface area contributed by atoms with Crippen molar-refractivity contribution in [3.05, 3.63) is 22.4 Å². The van der Waals surface area contributed by atoms with Crippen LogP contribution in [-0.4, -0.2) is 4.92 Å². The van der Waals surface area contributed by atoms with Crippen molar-refractivity contribution >= 4 is 0 Å². The van der Waals surface area contributed by atoms with Gasteiger partial charge in [-0.15, -0.1) is 0 Å². The zero-order valence-electron chi connectivity index (χ0n) is 11.9. The summed E-state index contributed by atoms with van der Waals surface area (Å²) in [7, 11) is 0. The summed E-state index contributed by atoms with van der Waals surface area (Å²) in [6.07, 6.45) is 18.1. The third kappa shape index (κ3) is 15.1. The highest BCUT2D eigenvalue weighted by Gasteiger charge is 1.92. The molecular formula is C15H29NO2.